The Morgan fingerprint density at radius 1 is 1.06 bits per heavy atom. The molecule has 0 saturated carbocycles. The quantitative estimate of drug-likeness (QED) is 0.304. The molecule has 3 N–H and O–H groups in total. The third-order valence-electron chi connectivity index (χ3n) is 5.84. The van der Waals surface area contributed by atoms with Crippen molar-refractivity contribution in [2.24, 2.45) is 0 Å². The standard InChI is InChI=1S/C28H23F2N5O/c1-17(20-3-6-22(29)7-4-20)10-26(36)24-11-19(13-31)15-35-28(24)34-14-18-2-8-23(25(30)12-18)21-5-9-27(32)33-16-21/h2-9,11-12,15-17H,10,14H2,1H3,(H2,32,33)(H,34,35)/t17-/m1/s1. The van der Waals surface area contributed by atoms with Gasteiger partial charge in [0.25, 0.3) is 0 Å². The predicted octanol–water partition coefficient (Wildman–Crippen LogP) is 5.86. The van der Waals surface area contributed by atoms with E-state index in [1.54, 1.807) is 36.4 Å². The molecule has 0 aliphatic carbocycles. The average molecular weight is 484 g/mol. The molecule has 0 fully saturated rings. The molecule has 2 heterocycles. The van der Waals surface area contributed by atoms with Crippen molar-refractivity contribution in [1.29, 1.82) is 5.26 Å². The van der Waals surface area contributed by atoms with Crippen molar-refractivity contribution in [2.75, 3.05) is 11.1 Å². The van der Waals surface area contributed by atoms with Crippen molar-refractivity contribution in [2.45, 2.75) is 25.8 Å². The second-order valence-electron chi connectivity index (χ2n) is 8.45. The van der Waals surface area contributed by atoms with Crippen molar-refractivity contribution in [3.05, 3.63) is 107 Å². The maximum absolute atomic E-state index is 14.8. The molecule has 0 amide bonds. The number of rotatable bonds is 8. The van der Waals surface area contributed by atoms with Crippen LogP contribution in [-0.2, 0) is 6.54 Å². The van der Waals surface area contributed by atoms with E-state index in [-0.39, 0.29) is 41.6 Å². The van der Waals surface area contributed by atoms with Gasteiger partial charge in [-0.1, -0.05) is 31.2 Å². The number of carbonyl (C=O) groups is 1. The van der Waals surface area contributed by atoms with Crippen LogP contribution in [0.5, 0.6) is 0 Å². The number of ketones is 1. The Labute approximate surface area is 207 Å². The van der Waals surface area contributed by atoms with E-state index in [4.69, 9.17) is 5.73 Å². The molecule has 180 valence electrons. The van der Waals surface area contributed by atoms with Gasteiger partial charge in [0.05, 0.1) is 11.1 Å². The summed E-state index contributed by atoms with van der Waals surface area (Å²) in [7, 11) is 0. The zero-order chi connectivity index (χ0) is 25.7. The largest absolute Gasteiger partial charge is 0.384 e. The monoisotopic (exact) mass is 483 g/mol. The minimum Gasteiger partial charge on any atom is -0.384 e. The first-order valence-corrected chi connectivity index (χ1v) is 11.3. The lowest BCUT2D eigenvalue weighted by Crippen LogP contribution is -2.12. The number of carbonyl (C=O) groups excluding carboxylic acids is 1. The fourth-order valence-electron chi connectivity index (χ4n) is 3.83. The molecule has 6 nitrogen and oxygen atoms in total. The lowest BCUT2D eigenvalue weighted by atomic mass is 9.93. The lowest BCUT2D eigenvalue weighted by molar-refractivity contribution is 0.0976. The first-order chi connectivity index (χ1) is 17.3. The van der Waals surface area contributed by atoms with Gasteiger partial charge in [-0.3, -0.25) is 4.79 Å². The normalized spacial score (nSPS) is 11.5. The van der Waals surface area contributed by atoms with E-state index < -0.39 is 5.82 Å². The molecular weight excluding hydrogens is 460 g/mol. The van der Waals surface area contributed by atoms with Crippen LogP contribution in [0.1, 0.15) is 46.3 Å². The number of hydrogen-bond donors (Lipinski definition) is 2. The van der Waals surface area contributed by atoms with E-state index >= 15 is 0 Å². The Bertz CT molecular complexity index is 1430. The van der Waals surface area contributed by atoms with Gasteiger partial charge in [-0.05, 0) is 53.4 Å². The van der Waals surface area contributed by atoms with E-state index in [9.17, 15) is 18.8 Å². The zero-order valence-electron chi connectivity index (χ0n) is 19.5. The summed E-state index contributed by atoms with van der Waals surface area (Å²) >= 11 is 0. The molecule has 0 radical (unpaired) electrons. The second-order valence-corrected chi connectivity index (χ2v) is 8.45. The molecule has 4 rings (SSSR count). The third kappa shape index (κ3) is 5.70. The highest BCUT2D eigenvalue weighted by molar-refractivity contribution is 6.01. The summed E-state index contributed by atoms with van der Waals surface area (Å²) < 4.78 is 28.0. The number of Topliss-reactive ketones (excluding diaryl/α,β-unsaturated/α-hetero) is 1. The molecule has 0 saturated heterocycles. The van der Waals surface area contributed by atoms with Gasteiger partial charge in [-0.2, -0.15) is 5.26 Å². The van der Waals surface area contributed by atoms with Crippen LogP contribution in [0.25, 0.3) is 11.1 Å². The molecule has 0 bridgehead atoms. The van der Waals surface area contributed by atoms with Crippen molar-refractivity contribution < 1.29 is 13.6 Å². The van der Waals surface area contributed by atoms with E-state index in [1.165, 1.54) is 36.7 Å². The Morgan fingerprint density at radius 3 is 2.50 bits per heavy atom. The molecule has 2 aromatic heterocycles. The first-order valence-electron chi connectivity index (χ1n) is 11.3. The number of nitriles is 1. The molecule has 36 heavy (non-hydrogen) atoms. The van der Waals surface area contributed by atoms with Gasteiger partial charge < -0.3 is 11.1 Å². The van der Waals surface area contributed by atoms with E-state index in [2.05, 4.69) is 15.3 Å². The summed E-state index contributed by atoms with van der Waals surface area (Å²) in [5.41, 5.74) is 8.60. The number of anilines is 2. The Morgan fingerprint density at radius 2 is 1.83 bits per heavy atom. The number of halogens is 2. The van der Waals surface area contributed by atoms with Crippen LogP contribution < -0.4 is 11.1 Å². The van der Waals surface area contributed by atoms with Gasteiger partial charge >= 0.3 is 0 Å². The van der Waals surface area contributed by atoms with Crippen LogP contribution in [0, 0.1) is 23.0 Å². The molecule has 1 atom stereocenters. The first kappa shape index (κ1) is 24.5. The molecule has 0 aliphatic rings. The molecule has 4 aromatic rings. The van der Waals surface area contributed by atoms with Crippen LogP contribution in [0.3, 0.4) is 0 Å². The molecule has 8 heteroatoms. The number of hydrogen-bond acceptors (Lipinski definition) is 6. The average Bonchev–Trinajstić information content (AvgIpc) is 2.88. The van der Waals surface area contributed by atoms with Crippen LogP contribution in [0.4, 0.5) is 20.4 Å². The highest BCUT2D eigenvalue weighted by Crippen LogP contribution is 2.26. The van der Waals surface area contributed by atoms with Gasteiger partial charge in [0, 0.05) is 36.5 Å². The molecular formula is C28H23F2N5O. The predicted molar refractivity (Wildman–Crippen MR) is 134 cm³/mol. The maximum atomic E-state index is 14.8. The highest BCUT2D eigenvalue weighted by atomic mass is 19.1. The molecule has 0 unspecified atom stereocenters. The number of nitrogens with one attached hydrogen (secondary N) is 1. The Kier molecular flexibility index (Phi) is 7.31. The van der Waals surface area contributed by atoms with Crippen LogP contribution in [0.2, 0.25) is 0 Å². The maximum Gasteiger partial charge on any atom is 0.167 e. The number of pyridine rings is 2. The topological polar surface area (TPSA) is 105 Å². The fourth-order valence-corrected chi connectivity index (χ4v) is 3.83. The molecule has 2 aromatic carbocycles. The van der Waals surface area contributed by atoms with Gasteiger partial charge in [-0.15, -0.1) is 0 Å². The minimum atomic E-state index is -0.418. The third-order valence-corrected chi connectivity index (χ3v) is 5.84. The number of nitrogens with zero attached hydrogens (tertiary/aromatic N) is 3. The SMILES string of the molecule is C[C@H](CC(=O)c1cc(C#N)cnc1NCc1ccc(-c2ccc(N)nc2)c(F)c1)c1ccc(F)cc1. The lowest BCUT2D eigenvalue weighted by Gasteiger charge is -2.14. The summed E-state index contributed by atoms with van der Waals surface area (Å²) in [6.45, 7) is 2.09. The van der Waals surface area contributed by atoms with Crippen molar-refractivity contribution in [1.82, 2.24) is 9.97 Å². The van der Waals surface area contributed by atoms with E-state index in [1.807, 2.05) is 13.0 Å². The Hall–Kier alpha value is -4.64. The number of aromatic nitrogens is 2. The highest BCUT2D eigenvalue weighted by Gasteiger charge is 2.18. The summed E-state index contributed by atoms with van der Waals surface area (Å²) in [5, 5.41) is 12.4. The summed E-state index contributed by atoms with van der Waals surface area (Å²) in [5.74, 6) is -0.482. The number of benzene rings is 2. The van der Waals surface area contributed by atoms with Crippen molar-refractivity contribution in [3.8, 4) is 17.2 Å². The summed E-state index contributed by atoms with van der Waals surface area (Å²) in [6.07, 6.45) is 3.04. The van der Waals surface area contributed by atoms with Crippen LogP contribution in [0.15, 0.2) is 73.1 Å². The zero-order valence-corrected chi connectivity index (χ0v) is 19.5. The fraction of sp³-hybridized carbons (Fsp3) is 0.143. The van der Waals surface area contributed by atoms with Gasteiger partial charge in [0.2, 0.25) is 0 Å². The second kappa shape index (κ2) is 10.7. The van der Waals surface area contributed by atoms with Crippen LogP contribution >= 0.6 is 0 Å². The Balaban J connectivity index is 1.51. The molecule has 0 spiro atoms. The van der Waals surface area contributed by atoms with Gasteiger partial charge in [0.15, 0.2) is 5.78 Å². The number of nitrogens with two attached hydrogens (primary N) is 1. The molecule has 0 aliphatic heterocycles. The van der Waals surface area contributed by atoms with E-state index in [0.29, 0.717) is 28.3 Å². The number of nitrogen functional groups attached to an aromatic ring is 1. The van der Waals surface area contributed by atoms with Crippen molar-refractivity contribution >= 4 is 17.4 Å². The summed E-state index contributed by atoms with van der Waals surface area (Å²) in [6, 6.07) is 17.6. The van der Waals surface area contributed by atoms with Crippen molar-refractivity contribution in [3.63, 3.8) is 0 Å². The van der Waals surface area contributed by atoms with Crippen LogP contribution in [-0.4, -0.2) is 15.8 Å². The van der Waals surface area contributed by atoms with Gasteiger partial charge in [-0.25, -0.2) is 18.7 Å². The van der Waals surface area contributed by atoms with E-state index in [0.717, 1.165) is 5.56 Å². The van der Waals surface area contributed by atoms with Gasteiger partial charge in [0.1, 0.15) is 29.3 Å². The minimum absolute atomic E-state index is 0.149. The smallest absolute Gasteiger partial charge is 0.167 e. The summed E-state index contributed by atoms with van der Waals surface area (Å²) in [4.78, 5) is 21.4.